The number of urea groups is 1. The summed E-state index contributed by atoms with van der Waals surface area (Å²) >= 11 is 0. The van der Waals surface area contributed by atoms with Crippen molar-refractivity contribution in [2.75, 3.05) is 35.6 Å². The van der Waals surface area contributed by atoms with Crippen molar-refractivity contribution in [1.29, 1.82) is 0 Å². The molecule has 1 saturated heterocycles. The second-order valence-electron chi connectivity index (χ2n) is 8.52. The molecule has 3 aromatic rings. The molecule has 1 unspecified atom stereocenters. The lowest BCUT2D eigenvalue weighted by Crippen LogP contribution is -2.57. The van der Waals surface area contributed by atoms with Crippen molar-refractivity contribution >= 4 is 29.1 Å². The monoisotopic (exact) mass is 458 g/mol. The van der Waals surface area contributed by atoms with Crippen molar-refractivity contribution in [3.63, 3.8) is 0 Å². The topological polar surface area (TPSA) is 104 Å². The number of hydrogen-bond acceptors (Lipinski definition) is 5. The smallest absolute Gasteiger partial charge is 0.318 e. The van der Waals surface area contributed by atoms with E-state index >= 15 is 0 Å². The molecule has 2 heterocycles. The molecule has 1 aromatic heterocycles. The van der Waals surface area contributed by atoms with Crippen molar-refractivity contribution in [3.8, 4) is 0 Å². The third kappa shape index (κ3) is 5.28. The molecule has 0 aliphatic carbocycles. The van der Waals surface area contributed by atoms with Crippen molar-refractivity contribution in [2.24, 2.45) is 0 Å². The maximum atomic E-state index is 12.9. The Morgan fingerprint density at radius 3 is 2.44 bits per heavy atom. The number of nitrogens with two attached hydrogens (primary N) is 1. The lowest BCUT2D eigenvalue weighted by Gasteiger charge is -2.40. The molecule has 1 aliphatic heterocycles. The molecule has 2 aromatic carbocycles. The van der Waals surface area contributed by atoms with Crippen molar-refractivity contribution < 1.29 is 9.59 Å². The van der Waals surface area contributed by atoms with Crippen LogP contribution in [0.4, 0.5) is 22.0 Å². The summed E-state index contributed by atoms with van der Waals surface area (Å²) in [7, 11) is 0. The Bertz CT molecular complexity index is 1140. The summed E-state index contributed by atoms with van der Waals surface area (Å²) < 4.78 is 0. The van der Waals surface area contributed by atoms with Gasteiger partial charge in [0, 0.05) is 31.9 Å². The molecule has 8 nitrogen and oxygen atoms in total. The number of nitrogen functional groups attached to an aromatic ring is 1. The summed E-state index contributed by atoms with van der Waals surface area (Å²) in [6.45, 7) is 5.93. The second-order valence-corrected chi connectivity index (χ2v) is 8.52. The highest BCUT2D eigenvalue weighted by Crippen LogP contribution is 2.21. The van der Waals surface area contributed by atoms with Crippen LogP contribution in [0.2, 0.25) is 0 Å². The molecule has 3 amide bonds. The van der Waals surface area contributed by atoms with Gasteiger partial charge < -0.3 is 26.2 Å². The molecule has 0 radical (unpaired) electrons. The fraction of sp³-hybridized carbons (Fsp3) is 0.269. The molecule has 176 valence electrons. The molecule has 0 spiro atoms. The minimum atomic E-state index is -0.264. The first-order valence-electron chi connectivity index (χ1n) is 11.4. The highest BCUT2D eigenvalue weighted by Gasteiger charge is 2.29. The summed E-state index contributed by atoms with van der Waals surface area (Å²) in [4.78, 5) is 33.9. The van der Waals surface area contributed by atoms with E-state index < -0.39 is 0 Å². The first kappa shape index (κ1) is 23.1. The molecule has 34 heavy (non-hydrogen) atoms. The Balaban J connectivity index is 1.33. The van der Waals surface area contributed by atoms with Crippen molar-refractivity contribution in [2.45, 2.75) is 25.9 Å². The number of hydrogen-bond donors (Lipinski definition) is 3. The Morgan fingerprint density at radius 1 is 1.03 bits per heavy atom. The van der Waals surface area contributed by atoms with Crippen LogP contribution in [0.3, 0.4) is 0 Å². The normalized spacial score (nSPS) is 16.6. The number of rotatable bonds is 5. The molecular formula is C26H30N6O2. The molecule has 4 rings (SSSR count). The van der Waals surface area contributed by atoms with Gasteiger partial charge in [0.25, 0.3) is 5.91 Å². The molecule has 0 bridgehead atoms. The molecule has 1 fully saturated rings. The number of nitrogens with one attached hydrogen (secondary N) is 2. The van der Waals surface area contributed by atoms with Crippen LogP contribution in [0, 0.1) is 0 Å². The number of carbonyl (C=O) groups is 2. The summed E-state index contributed by atoms with van der Waals surface area (Å²) in [5.74, 6) is 0.514. The van der Waals surface area contributed by atoms with E-state index in [0.29, 0.717) is 36.6 Å². The zero-order valence-corrected chi connectivity index (χ0v) is 19.4. The van der Waals surface area contributed by atoms with Gasteiger partial charge in [0.1, 0.15) is 5.82 Å². The van der Waals surface area contributed by atoms with Crippen LogP contribution >= 0.6 is 0 Å². The largest absolute Gasteiger partial charge is 0.397 e. The highest BCUT2D eigenvalue weighted by molar-refractivity contribution is 6.05. The quantitative estimate of drug-likeness (QED) is 0.503. The Kier molecular flexibility index (Phi) is 6.96. The number of amides is 3. The molecule has 2 atom stereocenters. The summed E-state index contributed by atoms with van der Waals surface area (Å²) in [5, 5.41) is 5.90. The molecular weight excluding hydrogens is 428 g/mol. The van der Waals surface area contributed by atoms with E-state index in [4.69, 9.17) is 5.73 Å². The summed E-state index contributed by atoms with van der Waals surface area (Å²) in [6, 6.07) is 20.5. The third-order valence-corrected chi connectivity index (χ3v) is 6.07. The van der Waals surface area contributed by atoms with Gasteiger partial charge in [-0.25, -0.2) is 9.78 Å². The van der Waals surface area contributed by atoms with E-state index in [-0.39, 0.29) is 24.0 Å². The maximum Gasteiger partial charge on any atom is 0.318 e. The minimum absolute atomic E-state index is 0.0163. The fourth-order valence-corrected chi connectivity index (χ4v) is 4.07. The average Bonchev–Trinajstić information content (AvgIpc) is 2.86. The standard InChI is InChI=1S/C26H30N6O2/c1-18-17-31(14-15-32(18)26(34)29-19(2)20-8-4-3-5-9-20)24-13-12-21(16-28-24)25(33)30-23-11-7-6-10-22(23)27/h3-13,16,18-19H,14-15,17,27H2,1-2H3,(H,29,34)(H,30,33)/t18-,19?/m0/s1. The predicted molar refractivity (Wildman–Crippen MR) is 135 cm³/mol. The van der Waals surface area contributed by atoms with Gasteiger partial charge in [-0.3, -0.25) is 4.79 Å². The van der Waals surface area contributed by atoms with Crippen molar-refractivity contribution in [1.82, 2.24) is 15.2 Å². The molecule has 1 aliphatic rings. The van der Waals surface area contributed by atoms with Crippen molar-refractivity contribution in [3.05, 3.63) is 84.1 Å². The lowest BCUT2D eigenvalue weighted by molar-refractivity contribution is 0.102. The number of nitrogens with zero attached hydrogens (tertiary/aromatic N) is 3. The van der Waals surface area contributed by atoms with E-state index in [1.165, 1.54) is 0 Å². The Labute approximate surface area is 199 Å². The second kappa shape index (κ2) is 10.2. The average molecular weight is 459 g/mol. The first-order chi connectivity index (χ1) is 16.4. The molecule has 4 N–H and O–H groups in total. The minimum Gasteiger partial charge on any atom is -0.397 e. The fourth-order valence-electron chi connectivity index (χ4n) is 4.07. The highest BCUT2D eigenvalue weighted by atomic mass is 16.2. The number of piperazine rings is 1. The number of pyridine rings is 1. The maximum absolute atomic E-state index is 12.9. The van der Waals surface area contributed by atoms with Crippen LogP contribution in [0.25, 0.3) is 0 Å². The first-order valence-corrected chi connectivity index (χ1v) is 11.4. The van der Waals surface area contributed by atoms with E-state index in [1.807, 2.05) is 67.3 Å². The lowest BCUT2D eigenvalue weighted by atomic mass is 10.1. The van der Waals surface area contributed by atoms with Crippen LogP contribution in [0.1, 0.15) is 35.8 Å². The zero-order chi connectivity index (χ0) is 24.1. The number of aromatic nitrogens is 1. The predicted octanol–water partition coefficient (Wildman–Crippen LogP) is 3.90. The SMILES string of the molecule is CC(NC(=O)N1CCN(c2ccc(C(=O)Nc3ccccc3N)cn2)C[C@@H]1C)c1ccccc1. The van der Waals surface area contributed by atoms with Gasteiger partial charge >= 0.3 is 6.03 Å². The summed E-state index contributed by atoms with van der Waals surface area (Å²) in [6.07, 6.45) is 1.56. The van der Waals surface area contributed by atoms with E-state index in [1.54, 1.807) is 24.4 Å². The molecule has 8 heteroatoms. The van der Waals surface area contributed by atoms with Gasteiger partial charge in [-0.05, 0) is 43.7 Å². The number of benzene rings is 2. The third-order valence-electron chi connectivity index (χ3n) is 6.07. The number of carbonyl (C=O) groups excluding carboxylic acids is 2. The van der Waals surface area contributed by atoms with Gasteiger partial charge in [-0.1, -0.05) is 42.5 Å². The van der Waals surface area contributed by atoms with E-state index in [0.717, 1.165) is 11.4 Å². The van der Waals surface area contributed by atoms with Gasteiger partial charge in [0.2, 0.25) is 0 Å². The molecule has 0 saturated carbocycles. The van der Waals surface area contributed by atoms with Crippen LogP contribution in [0.15, 0.2) is 72.9 Å². The van der Waals surface area contributed by atoms with Gasteiger partial charge in [-0.2, -0.15) is 0 Å². The Morgan fingerprint density at radius 2 is 1.76 bits per heavy atom. The summed E-state index contributed by atoms with van der Waals surface area (Å²) in [5.41, 5.74) is 8.51. The Hall–Kier alpha value is -4.07. The van der Waals surface area contributed by atoms with Gasteiger partial charge in [0.05, 0.1) is 23.0 Å². The van der Waals surface area contributed by atoms with Crippen LogP contribution in [-0.4, -0.2) is 47.5 Å². The number of anilines is 3. The number of para-hydroxylation sites is 2. The van der Waals surface area contributed by atoms with E-state index in [2.05, 4.69) is 20.5 Å². The van der Waals surface area contributed by atoms with Gasteiger partial charge in [-0.15, -0.1) is 0 Å². The van der Waals surface area contributed by atoms with E-state index in [9.17, 15) is 9.59 Å². The van der Waals surface area contributed by atoms with Crippen LogP contribution in [0.5, 0.6) is 0 Å². The van der Waals surface area contributed by atoms with Crippen LogP contribution < -0.4 is 21.3 Å². The zero-order valence-electron chi connectivity index (χ0n) is 19.4. The van der Waals surface area contributed by atoms with Gasteiger partial charge in [0.15, 0.2) is 0 Å². The van der Waals surface area contributed by atoms with Crippen LogP contribution in [-0.2, 0) is 0 Å².